The second-order valence-electron chi connectivity index (χ2n) is 7.47. The summed E-state index contributed by atoms with van der Waals surface area (Å²) >= 11 is 0. The first-order valence-electron chi connectivity index (χ1n) is 9.37. The maximum Gasteiger partial charge on any atom is 0.310 e. The minimum Gasteiger partial charge on any atom is -0.481 e. The van der Waals surface area contributed by atoms with E-state index >= 15 is 0 Å². The van der Waals surface area contributed by atoms with Crippen LogP contribution in [0, 0.1) is 5.41 Å². The Morgan fingerprint density at radius 1 is 0.960 bits per heavy atom. The predicted octanol–water partition coefficient (Wildman–Crippen LogP) is 2.76. The van der Waals surface area contributed by atoms with Crippen molar-refractivity contribution in [2.45, 2.75) is 45.1 Å². The van der Waals surface area contributed by atoms with Crippen molar-refractivity contribution in [3.05, 3.63) is 35.9 Å². The van der Waals surface area contributed by atoms with E-state index in [1.54, 1.807) is 0 Å². The second-order valence-corrected chi connectivity index (χ2v) is 7.47. The zero-order chi connectivity index (χ0) is 17.7. The molecule has 1 heterocycles. The lowest BCUT2D eigenvalue weighted by atomic mass is 9.71. The molecule has 0 aromatic heterocycles. The van der Waals surface area contributed by atoms with Crippen molar-refractivity contribution in [2.75, 3.05) is 26.2 Å². The Morgan fingerprint density at radius 2 is 1.60 bits per heavy atom. The van der Waals surface area contributed by atoms with Crippen molar-refractivity contribution < 1.29 is 14.7 Å². The van der Waals surface area contributed by atoms with Crippen LogP contribution in [0.25, 0.3) is 0 Å². The minimum atomic E-state index is -0.823. The van der Waals surface area contributed by atoms with E-state index in [-0.39, 0.29) is 12.3 Å². The molecule has 0 atom stereocenters. The van der Waals surface area contributed by atoms with Crippen molar-refractivity contribution in [3.63, 3.8) is 0 Å². The van der Waals surface area contributed by atoms with Gasteiger partial charge in [0.25, 0.3) is 0 Å². The molecule has 5 heteroatoms. The molecule has 2 aliphatic rings. The number of rotatable bonds is 5. The number of hydrogen-bond acceptors (Lipinski definition) is 3. The highest BCUT2D eigenvalue weighted by Crippen LogP contribution is 2.40. The molecule has 1 aliphatic heterocycles. The average molecular weight is 344 g/mol. The Hall–Kier alpha value is -1.88. The molecule has 25 heavy (non-hydrogen) atoms. The molecule has 1 amide bonds. The summed E-state index contributed by atoms with van der Waals surface area (Å²) in [5, 5.41) is 9.66. The van der Waals surface area contributed by atoms with Crippen LogP contribution in [-0.4, -0.2) is 53.0 Å². The first-order chi connectivity index (χ1) is 12.1. The Labute approximate surface area is 149 Å². The summed E-state index contributed by atoms with van der Waals surface area (Å²) in [7, 11) is 0. The van der Waals surface area contributed by atoms with Gasteiger partial charge in [-0.3, -0.25) is 14.5 Å². The zero-order valence-electron chi connectivity index (χ0n) is 14.8. The summed E-state index contributed by atoms with van der Waals surface area (Å²) in [6, 6.07) is 10.4. The summed E-state index contributed by atoms with van der Waals surface area (Å²) in [5.41, 5.74) is 0.463. The van der Waals surface area contributed by atoms with Crippen LogP contribution in [0.15, 0.2) is 30.3 Å². The Bertz CT molecular complexity index is 588. The van der Waals surface area contributed by atoms with Crippen LogP contribution in [0.5, 0.6) is 0 Å². The van der Waals surface area contributed by atoms with Crippen LogP contribution in [0.4, 0.5) is 0 Å². The van der Waals surface area contributed by atoms with Gasteiger partial charge >= 0.3 is 5.97 Å². The zero-order valence-corrected chi connectivity index (χ0v) is 14.8. The summed E-state index contributed by atoms with van der Waals surface area (Å²) in [6.45, 7) is 3.99. The maximum atomic E-state index is 12.7. The van der Waals surface area contributed by atoms with Gasteiger partial charge in [-0.2, -0.15) is 0 Å². The van der Waals surface area contributed by atoms with Crippen molar-refractivity contribution >= 4 is 11.9 Å². The Kier molecular flexibility index (Phi) is 5.74. The first-order valence-corrected chi connectivity index (χ1v) is 9.37. The molecule has 3 rings (SSSR count). The molecule has 1 aliphatic carbocycles. The SMILES string of the molecule is O=C(CC1(C(=O)O)CCCCC1)N1CCN(Cc2ccccc2)CC1. The van der Waals surface area contributed by atoms with Gasteiger partial charge in [-0.15, -0.1) is 0 Å². The number of amides is 1. The van der Waals surface area contributed by atoms with Crippen LogP contribution in [0.2, 0.25) is 0 Å². The van der Waals surface area contributed by atoms with E-state index in [0.717, 1.165) is 38.9 Å². The molecule has 0 bridgehead atoms. The number of carbonyl (C=O) groups is 2. The van der Waals surface area contributed by atoms with Crippen molar-refractivity contribution in [3.8, 4) is 0 Å². The van der Waals surface area contributed by atoms with E-state index in [4.69, 9.17) is 0 Å². The third-order valence-electron chi connectivity index (χ3n) is 5.73. The monoisotopic (exact) mass is 344 g/mol. The first kappa shape index (κ1) is 17.9. The number of aliphatic carboxylic acids is 1. The standard InChI is InChI=1S/C20H28N2O3/c23-18(15-20(19(24)25)9-5-2-6-10-20)22-13-11-21(12-14-22)16-17-7-3-1-4-8-17/h1,3-4,7-8H,2,5-6,9-16H2,(H,24,25). The molecule has 1 aromatic rings. The average Bonchev–Trinajstić information content (AvgIpc) is 2.64. The largest absolute Gasteiger partial charge is 0.481 e. The van der Waals surface area contributed by atoms with Gasteiger partial charge in [0.1, 0.15) is 0 Å². The third kappa shape index (κ3) is 4.40. The van der Waals surface area contributed by atoms with Crippen LogP contribution < -0.4 is 0 Å². The highest BCUT2D eigenvalue weighted by Gasteiger charge is 2.42. The van der Waals surface area contributed by atoms with E-state index in [0.29, 0.717) is 25.9 Å². The van der Waals surface area contributed by atoms with Crippen molar-refractivity contribution in [1.29, 1.82) is 0 Å². The summed E-state index contributed by atoms with van der Waals surface area (Å²) in [6.07, 6.45) is 4.38. The van der Waals surface area contributed by atoms with Crippen LogP contribution in [0.1, 0.15) is 44.1 Å². The van der Waals surface area contributed by atoms with Gasteiger partial charge < -0.3 is 10.0 Å². The van der Waals surface area contributed by atoms with Gasteiger partial charge in [0.2, 0.25) is 5.91 Å². The lowest BCUT2D eigenvalue weighted by molar-refractivity contribution is -0.156. The smallest absolute Gasteiger partial charge is 0.310 e. The Balaban J connectivity index is 1.52. The van der Waals surface area contributed by atoms with Gasteiger partial charge in [0.15, 0.2) is 0 Å². The van der Waals surface area contributed by atoms with Gasteiger partial charge in [0, 0.05) is 39.1 Å². The van der Waals surface area contributed by atoms with E-state index in [9.17, 15) is 14.7 Å². The maximum absolute atomic E-state index is 12.7. The topological polar surface area (TPSA) is 60.9 Å². The van der Waals surface area contributed by atoms with Crippen LogP contribution in [-0.2, 0) is 16.1 Å². The number of piperazine rings is 1. The summed E-state index contributed by atoms with van der Waals surface area (Å²) < 4.78 is 0. The summed E-state index contributed by atoms with van der Waals surface area (Å²) in [4.78, 5) is 28.7. The highest BCUT2D eigenvalue weighted by atomic mass is 16.4. The molecular formula is C20H28N2O3. The quantitative estimate of drug-likeness (QED) is 0.892. The minimum absolute atomic E-state index is 0.0173. The van der Waals surface area contributed by atoms with Gasteiger partial charge in [-0.25, -0.2) is 0 Å². The molecule has 0 spiro atoms. The molecule has 1 aromatic carbocycles. The number of carboxylic acid groups (broad SMARTS) is 1. The molecule has 1 saturated heterocycles. The van der Waals surface area contributed by atoms with E-state index in [1.807, 2.05) is 23.1 Å². The number of hydrogen-bond donors (Lipinski definition) is 1. The second kappa shape index (κ2) is 8.00. The summed E-state index contributed by atoms with van der Waals surface area (Å²) in [5.74, 6) is -0.771. The molecule has 136 valence electrons. The number of carbonyl (C=O) groups excluding carboxylic acids is 1. The molecule has 0 radical (unpaired) electrons. The fourth-order valence-electron chi connectivity index (χ4n) is 4.09. The molecular weight excluding hydrogens is 316 g/mol. The molecule has 2 fully saturated rings. The number of carboxylic acids is 1. The van der Waals surface area contributed by atoms with Gasteiger partial charge in [0.05, 0.1) is 5.41 Å². The lowest BCUT2D eigenvalue weighted by Crippen LogP contribution is -2.50. The van der Waals surface area contributed by atoms with Crippen molar-refractivity contribution in [2.24, 2.45) is 5.41 Å². The third-order valence-corrected chi connectivity index (χ3v) is 5.73. The predicted molar refractivity (Wildman–Crippen MR) is 96.1 cm³/mol. The number of benzene rings is 1. The normalized spacial score (nSPS) is 21.0. The van der Waals surface area contributed by atoms with E-state index < -0.39 is 11.4 Å². The molecule has 1 N–H and O–H groups in total. The van der Waals surface area contributed by atoms with E-state index in [2.05, 4.69) is 17.0 Å². The fraction of sp³-hybridized carbons (Fsp3) is 0.600. The van der Waals surface area contributed by atoms with Crippen LogP contribution >= 0.6 is 0 Å². The van der Waals surface area contributed by atoms with Crippen LogP contribution in [0.3, 0.4) is 0 Å². The Morgan fingerprint density at radius 3 is 2.20 bits per heavy atom. The molecule has 5 nitrogen and oxygen atoms in total. The number of nitrogens with zero attached hydrogens (tertiary/aromatic N) is 2. The highest BCUT2D eigenvalue weighted by molar-refractivity contribution is 5.85. The molecule has 0 unspecified atom stereocenters. The fourth-order valence-corrected chi connectivity index (χ4v) is 4.09. The van der Waals surface area contributed by atoms with E-state index in [1.165, 1.54) is 5.56 Å². The van der Waals surface area contributed by atoms with Crippen molar-refractivity contribution in [1.82, 2.24) is 9.80 Å². The van der Waals surface area contributed by atoms with Gasteiger partial charge in [-0.05, 0) is 18.4 Å². The van der Waals surface area contributed by atoms with Gasteiger partial charge in [-0.1, -0.05) is 49.6 Å². The molecule has 1 saturated carbocycles. The lowest BCUT2D eigenvalue weighted by Gasteiger charge is -2.38.